The Morgan fingerprint density at radius 1 is 1.29 bits per heavy atom. The van der Waals surface area contributed by atoms with Crippen LogP contribution in [0, 0.1) is 0 Å². The van der Waals surface area contributed by atoms with Crippen LogP contribution in [0.5, 0.6) is 0 Å². The monoisotopic (exact) mass is 194 g/mol. The molecule has 1 rings (SSSR count). The summed E-state index contributed by atoms with van der Waals surface area (Å²) in [7, 11) is 0. The lowest BCUT2D eigenvalue weighted by molar-refractivity contribution is -0.137. The minimum atomic E-state index is -0.744. The normalized spacial score (nSPS) is 11.1. The highest BCUT2D eigenvalue weighted by Gasteiger charge is 2.08. The number of aliphatic carboxylic acids is 1. The van der Waals surface area contributed by atoms with Gasteiger partial charge in [-0.2, -0.15) is 0 Å². The van der Waals surface area contributed by atoms with E-state index >= 15 is 0 Å². The van der Waals surface area contributed by atoms with E-state index in [-0.39, 0.29) is 12.3 Å². The van der Waals surface area contributed by atoms with Crippen LogP contribution in [0.25, 0.3) is 0 Å². The molecule has 0 spiro atoms. The zero-order valence-corrected chi connectivity index (χ0v) is 9.03. The molecule has 14 heavy (non-hydrogen) atoms. The molecule has 0 fully saturated rings. The second kappa shape index (κ2) is 7.13. The maximum absolute atomic E-state index is 10.4. The molecule has 1 atom stereocenters. The zero-order chi connectivity index (χ0) is 11.0. The van der Waals surface area contributed by atoms with Gasteiger partial charge in [-0.25, -0.2) is 0 Å². The second-order valence-corrected chi connectivity index (χ2v) is 2.91. The van der Waals surface area contributed by atoms with Crippen LogP contribution in [0.2, 0.25) is 0 Å². The number of rotatable bonds is 3. The van der Waals surface area contributed by atoms with Crippen LogP contribution >= 0.6 is 0 Å². The highest BCUT2D eigenvalue weighted by Crippen LogP contribution is 2.17. The standard InChI is InChI=1S/C10H12O2.C2H6/c1-8(7-10(11)12)9-5-3-2-4-6-9;1-2/h2-6,8H,7H2,1H3,(H,11,12);1-2H3/t8-;/m0./s1. The number of hydrogen-bond donors (Lipinski definition) is 1. The minimum Gasteiger partial charge on any atom is -0.481 e. The van der Waals surface area contributed by atoms with Gasteiger partial charge in [0.2, 0.25) is 0 Å². The topological polar surface area (TPSA) is 37.3 Å². The number of hydrogen-bond acceptors (Lipinski definition) is 1. The van der Waals surface area contributed by atoms with Crippen LogP contribution in [0.15, 0.2) is 30.3 Å². The second-order valence-electron chi connectivity index (χ2n) is 2.91. The van der Waals surface area contributed by atoms with Crippen molar-refractivity contribution < 1.29 is 9.90 Å². The van der Waals surface area contributed by atoms with E-state index in [0.717, 1.165) is 5.56 Å². The molecule has 0 saturated heterocycles. The van der Waals surface area contributed by atoms with Gasteiger partial charge < -0.3 is 5.11 Å². The average molecular weight is 194 g/mol. The number of carbonyl (C=O) groups is 1. The van der Waals surface area contributed by atoms with Crippen molar-refractivity contribution in [2.45, 2.75) is 33.1 Å². The highest BCUT2D eigenvalue weighted by molar-refractivity contribution is 5.67. The molecule has 0 aliphatic heterocycles. The molecule has 2 nitrogen and oxygen atoms in total. The fraction of sp³-hybridized carbons (Fsp3) is 0.417. The third-order valence-electron chi connectivity index (χ3n) is 1.85. The molecular formula is C12H18O2. The van der Waals surface area contributed by atoms with Crippen molar-refractivity contribution in [3.8, 4) is 0 Å². The first-order chi connectivity index (χ1) is 6.70. The molecule has 1 aromatic carbocycles. The van der Waals surface area contributed by atoms with Gasteiger partial charge in [0.1, 0.15) is 0 Å². The molecule has 78 valence electrons. The number of carboxylic acids is 1. The lowest BCUT2D eigenvalue weighted by atomic mass is 9.98. The molecule has 2 heteroatoms. The summed E-state index contributed by atoms with van der Waals surface area (Å²) in [6.07, 6.45) is 0.198. The van der Waals surface area contributed by atoms with E-state index in [1.807, 2.05) is 51.1 Å². The first-order valence-corrected chi connectivity index (χ1v) is 4.97. The number of benzene rings is 1. The van der Waals surface area contributed by atoms with Crippen molar-refractivity contribution in [1.29, 1.82) is 0 Å². The third-order valence-corrected chi connectivity index (χ3v) is 1.85. The maximum atomic E-state index is 10.4. The molecule has 0 bridgehead atoms. The van der Waals surface area contributed by atoms with Crippen molar-refractivity contribution in [1.82, 2.24) is 0 Å². The SMILES string of the molecule is CC.C[C@@H](CC(=O)O)c1ccccc1. The van der Waals surface area contributed by atoms with Crippen LogP contribution in [0.3, 0.4) is 0 Å². The highest BCUT2D eigenvalue weighted by atomic mass is 16.4. The molecule has 0 aromatic heterocycles. The van der Waals surface area contributed by atoms with Crippen LogP contribution in [-0.4, -0.2) is 11.1 Å². The Hall–Kier alpha value is -1.31. The summed E-state index contributed by atoms with van der Waals surface area (Å²) in [5.41, 5.74) is 1.08. The van der Waals surface area contributed by atoms with Gasteiger partial charge in [-0.05, 0) is 11.5 Å². The molecule has 0 unspecified atom stereocenters. The van der Waals surface area contributed by atoms with Gasteiger partial charge in [0.15, 0.2) is 0 Å². The summed E-state index contributed by atoms with van der Waals surface area (Å²) in [4.78, 5) is 10.4. The largest absolute Gasteiger partial charge is 0.481 e. The van der Waals surface area contributed by atoms with Gasteiger partial charge in [0.05, 0.1) is 6.42 Å². The van der Waals surface area contributed by atoms with Crippen LogP contribution in [0.1, 0.15) is 38.7 Å². The van der Waals surface area contributed by atoms with Crippen molar-refractivity contribution >= 4 is 5.97 Å². The molecule has 1 aromatic rings. The lowest BCUT2D eigenvalue weighted by Gasteiger charge is -2.07. The summed E-state index contributed by atoms with van der Waals surface area (Å²) in [6.45, 7) is 5.92. The Kier molecular flexibility index (Phi) is 6.46. The van der Waals surface area contributed by atoms with E-state index in [2.05, 4.69) is 0 Å². The Balaban J connectivity index is 0.000000791. The Bertz CT molecular complexity index is 254. The van der Waals surface area contributed by atoms with Gasteiger partial charge >= 0.3 is 5.97 Å². The Labute approximate surface area is 85.6 Å². The molecule has 0 aliphatic rings. The van der Waals surface area contributed by atoms with E-state index in [9.17, 15) is 4.79 Å². The average Bonchev–Trinajstić information content (AvgIpc) is 2.21. The molecule has 0 aliphatic carbocycles. The van der Waals surface area contributed by atoms with Gasteiger partial charge in [-0.15, -0.1) is 0 Å². The molecule has 1 N–H and O–H groups in total. The molecular weight excluding hydrogens is 176 g/mol. The van der Waals surface area contributed by atoms with Crippen LogP contribution in [0.4, 0.5) is 0 Å². The van der Waals surface area contributed by atoms with E-state index in [4.69, 9.17) is 5.11 Å². The smallest absolute Gasteiger partial charge is 0.303 e. The van der Waals surface area contributed by atoms with E-state index in [0.29, 0.717) is 0 Å². The predicted octanol–water partition coefficient (Wildman–Crippen LogP) is 3.29. The summed E-state index contributed by atoms with van der Waals surface area (Å²) < 4.78 is 0. The fourth-order valence-electron chi connectivity index (χ4n) is 1.16. The molecule has 0 heterocycles. The molecule has 0 radical (unpaired) electrons. The van der Waals surface area contributed by atoms with Crippen molar-refractivity contribution in [2.75, 3.05) is 0 Å². The summed E-state index contributed by atoms with van der Waals surface area (Å²) >= 11 is 0. The minimum absolute atomic E-state index is 0.101. The maximum Gasteiger partial charge on any atom is 0.303 e. The van der Waals surface area contributed by atoms with E-state index in [1.165, 1.54) is 0 Å². The van der Waals surface area contributed by atoms with Crippen molar-refractivity contribution in [2.24, 2.45) is 0 Å². The van der Waals surface area contributed by atoms with Crippen LogP contribution < -0.4 is 0 Å². The zero-order valence-electron chi connectivity index (χ0n) is 9.03. The lowest BCUT2D eigenvalue weighted by Crippen LogP contribution is -2.02. The fourth-order valence-corrected chi connectivity index (χ4v) is 1.16. The van der Waals surface area contributed by atoms with Gasteiger partial charge in [0.25, 0.3) is 0 Å². The van der Waals surface area contributed by atoms with E-state index in [1.54, 1.807) is 0 Å². The van der Waals surface area contributed by atoms with Gasteiger partial charge in [-0.3, -0.25) is 4.79 Å². The number of carboxylic acid groups (broad SMARTS) is 1. The third kappa shape index (κ3) is 4.65. The quantitative estimate of drug-likeness (QED) is 0.801. The molecule has 0 amide bonds. The van der Waals surface area contributed by atoms with Crippen molar-refractivity contribution in [3.63, 3.8) is 0 Å². The summed E-state index contributed by atoms with van der Waals surface area (Å²) in [5, 5.41) is 8.55. The van der Waals surface area contributed by atoms with Crippen LogP contribution in [-0.2, 0) is 4.79 Å². The summed E-state index contributed by atoms with van der Waals surface area (Å²) in [6, 6.07) is 9.68. The Morgan fingerprint density at radius 2 is 1.79 bits per heavy atom. The van der Waals surface area contributed by atoms with E-state index < -0.39 is 5.97 Å². The predicted molar refractivity (Wildman–Crippen MR) is 58.5 cm³/mol. The van der Waals surface area contributed by atoms with Crippen molar-refractivity contribution in [3.05, 3.63) is 35.9 Å². The molecule has 0 saturated carbocycles. The first kappa shape index (κ1) is 12.7. The summed E-state index contributed by atoms with van der Waals surface area (Å²) in [5.74, 6) is -0.643. The van der Waals surface area contributed by atoms with Gasteiger partial charge in [-0.1, -0.05) is 51.1 Å². The van der Waals surface area contributed by atoms with Gasteiger partial charge in [0, 0.05) is 0 Å². The first-order valence-electron chi connectivity index (χ1n) is 4.97. The Morgan fingerprint density at radius 3 is 2.21 bits per heavy atom.